The number of benzene rings is 3. The first-order valence-electron chi connectivity index (χ1n) is 34.7. The number of phenols is 1. The van der Waals surface area contributed by atoms with Crippen molar-refractivity contribution in [2.75, 3.05) is 54.5 Å². The predicted octanol–water partition coefficient (Wildman–Crippen LogP) is 24.6. The zero-order valence-electron chi connectivity index (χ0n) is 64.6. The highest BCUT2D eigenvalue weighted by Gasteiger charge is 2.27. The molecule has 103 heavy (non-hydrogen) atoms. The van der Waals surface area contributed by atoms with Crippen molar-refractivity contribution in [1.29, 1.82) is 0 Å². The van der Waals surface area contributed by atoms with E-state index < -0.39 is 5.60 Å². The number of carbonyl (C=O) groups is 3. The molecule has 0 radical (unpaired) electrons. The van der Waals surface area contributed by atoms with Crippen molar-refractivity contribution >= 4 is 138 Å². The molecule has 8 aromatic rings. The Kier molecular flexibility index (Phi) is 42.9. The summed E-state index contributed by atoms with van der Waals surface area (Å²) in [5, 5.41) is 20.1. The fourth-order valence-corrected chi connectivity index (χ4v) is 19.7. The summed E-state index contributed by atoms with van der Waals surface area (Å²) in [5.74, 6) is 2.44. The molecule has 0 atom stereocenters. The molecule has 1 saturated heterocycles. The van der Waals surface area contributed by atoms with Crippen LogP contribution in [0.15, 0.2) is 75.1 Å². The summed E-state index contributed by atoms with van der Waals surface area (Å²) < 4.78 is 31.0. The van der Waals surface area contributed by atoms with E-state index in [2.05, 4.69) is 175 Å². The topological polar surface area (TPSA) is 148 Å². The number of piperidine rings is 1. The highest BCUT2D eigenvalue weighted by atomic mass is 79.9. The number of aryl methyl sites for hydroxylation is 6. The van der Waals surface area contributed by atoms with Crippen LogP contribution in [0.3, 0.4) is 0 Å². The number of aromatic hydroxyl groups is 1. The number of hydrogen-bond donors (Lipinski definition) is 2. The van der Waals surface area contributed by atoms with Crippen molar-refractivity contribution in [3.8, 4) is 17.2 Å². The molecule has 0 spiro atoms. The van der Waals surface area contributed by atoms with E-state index in [4.69, 9.17) is 19.3 Å². The largest absolute Gasteiger partial charge is 0.508 e. The van der Waals surface area contributed by atoms with Gasteiger partial charge < -0.3 is 48.6 Å². The highest BCUT2D eigenvalue weighted by Crippen LogP contribution is 2.38. The molecule has 572 valence electrons. The number of halogens is 4. The van der Waals surface area contributed by atoms with E-state index in [0.717, 1.165) is 77.7 Å². The molecule has 1 amide bonds. The fourth-order valence-electron chi connectivity index (χ4n) is 10.7. The van der Waals surface area contributed by atoms with Gasteiger partial charge in [0.2, 0.25) is 0 Å². The van der Waals surface area contributed by atoms with Gasteiger partial charge in [-0.05, 0) is 311 Å². The molecule has 8 heterocycles. The van der Waals surface area contributed by atoms with E-state index in [1.54, 1.807) is 73.7 Å². The normalized spacial score (nSPS) is 13.0. The van der Waals surface area contributed by atoms with Gasteiger partial charge in [0.1, 0.15) is 36.1 Å². The van der Waals surface area contributed by atoms with E-state index in [1.165, 1.54) is 117 Å². The summed E-state index contributed by atoms with van der Waals surface area (Å²) in [6, 6.07) is 18.5. The Bertz CT molecular complexity index is 3950. The molecule has 3 aromatic carbocycles. The number of nitrogens with zero attached hydrogens (tertiary/aromatic N) is 3. The third-order valence-corrected chi connectivity index (χ3v) is 26.2. The number of phenolic OH excluding ortho intramolecular Hbond substituents is 1. The number of ether oxygens (including phenoxy) is 5. The van der Waals surface area contributed by atoms with Gasteiger partial charge in [0.25, 0.3) is 0 Å². The summed E-state index contributed by atoms with van der Waals surface area (Å²) in [4.78, 5) is 47.0. The molecule has 0 saturated carbocycles. The SMILES string of the molecule is C.CC.CC.CC.CC(C)(C)OC(=O)N1CCc2cc(O)ccc2C1.COC(=O)c1c(Br)sc(C)c1C.COC(=O)c1csc(C)c1C.Cc1cc(C2CCN(C)CC2)ccc1OCc1c(Br)sc(C)c1C.Cc1sc(Br)c(CO)c1C.Cc1sc(Br)c(COc2ccc3c(c2)CCN(C)C3)c1C. The molecule has 0 bridgehead atoms. The summed E-state index contributed by atoms with van der Waals surface area (Å²) >= 11 is 22.4. The van der Waals surface area contributed by atoms with Gasteiger partial charge in [-0.1, -0.05) is 73.2 Å². The second-order valence-electron chi connectivity index (χ2n) is 25.2. The third-order valence-electron chi connectivity index (χ3n) is 17.3. The number of fused-ring (bicyclic) bond motifs is 2. The first kappa shape index (κ1) is 94.6. The van der Waals surface area contributed by atoms with Crippen LogP contribution in [-0.4, -0.2) is 103 Å². The van der Waals surface area contributed by atoms with Crippen LogP contribution in [0.25, 0.3) is 0 Å². The number of likely N-dealkylation sites (N-methyl/N-ethyl adjacent to an activating group) is 1. The number of esters is 2. The maximum atomic E-state index is 11.9. The molecule has 3 aliphatic heterocycles. The van der Waals surface area contributed by atoms with Crippen LogP contribution >= 0.6 is 120 Å². The van der Waals surface area contributed by atoms with Crippen molar-refractivity contribution < 1.29 is 48.3 Å². The molecule has 2 N–H and O–H groups in total. The summed E-state index contributed by atoms with van der Waals surface area (Å²) in [6.07, 6.45) is 4.11. The third kappa shape index (κ3) is 28.6. The quantitative estimate of drug-likeness (QED) is 0.0992. The Hall–Kier alpha value is -4.43. The lowest BCUT2D eigenvalue weighted by Crippen LogP contribution is -2.39. The van der Waals surface area contributed by atoms with Gasteiger partial charge in [0.05, 0.1) is 47.1 Å². The first-order chi connectivity index (χ1) is 48.2. The predicted molar refractivity (Wildman–Crippen MR) is 453 cm³/mol. The number of aliphatic hydroxyl groups is 1. The Labute approximate surface area is 671 Å². The van der Waals surface area contributed by atoms with Crippen molar-refractivity contribution in [3.05, 3.63) is 189 Å². The first-order valence-corrected chi connectivity index (χ1v) is 42.0. The number of amides is 1. The van der Waals surface area contributed by atoms with Crippen LogP contribution < -0.4 is 9.47 Å². The smallest absolute Gasteiger partial charge is 0.410 e. The molecule has 5 aromatic heterocycles. The number of hydrogen-bond acceptors (Lipinski definition) is 17. The van der Waals surface area contributed by atoms with Crippen LogP contribution in [-0.2, 0) is 60.0 Å². The van der Waals surface area contributed by atoms with Gasteiger partial charge in [-0.25, -0.2) is 14.4 Å². The summed E-state index contributed by atoms with van der Waals surface area (Å²) in [6.45, 7) is 47.5. The summed E-state index contributed by atoms with van der Waals surface area (Å²) in [5.41, 5.74) is 18.1. The second-order valence-corrected chi connectivity index (χ2v) is 36.5. The Balaban J connectivity index is 0.000000424. The fraction of sp³-hybridized carbons (Fsp3) is 0.494. The van der Waals surface area contributed by atoms with Gasteiger partial charge in [-0.15, -0.1) is 56.7 Å². The monoisotopic (exact) mass is 1770 g/mol. The molecule has 0 unspecified atom stereocenters. The minimum atomic E-state index is -0.466. The van der Waals surface area contributed by atoms with Crippen molar-refractivity contribution in [2.45, 2.75) is 216 Å². The zero-order chi connectivity index (χ0) is 77.0. The van der Waals surface area contributed by atoms with Crippen LogP contribution in [0, 0.1) is 76.2 Å². The molecule has 3 aliphatic rings. The Morgan fingerprint density at radius 1 is 0.544 bits per heavy atom. The van der Waals surface area contributed by atoms with Crippen molar-refractivity contribution in [1.82, 2.24) is 14.7 Å². The maximum Gasteiger partial charge on any atom is 0.410 e. The van der Waals surface area contributed by atoms with E-state index >= 15 is 0 Å². The lowest BCUT2D eigenvalue weighted by atomic mass is 9.89. The number of aliphatic hydroxyl groups excluding tert-OH is 1. The second kappa shape index (κ2) is 46.7. The minimum absolute atomic E-state index is 0. The molecular weight excluding hydrogens is 1650 g/mol. The molecule has 11 rings (SSSR count). The standard InChI is InChI=1S/C20H26BrNOS.C17H20BrNOS.C14H19NO3.C8H9BrO2S.C8H10O2S.C7H9BrOS.3C2H6.CH4/c1-13-11-17(16-7-9-22(4)10-8-16)5-6-19(13)23-12-18-14(2)15(3)24-20(18)21;1-11-12(2)21-17(18)16(11)10-20-15-5-4-14-9-19(3)7-6-13(14)8-15;1-14(2,3)18-13(17)15-7-6-10-8-12(16)5-4-11(10)9-15;1-4-5(2)12-7(9)6(4)8(10)11-3;1-5-6(2)11-4-7(5)8(9)10-3;1-4-5(2)10-7(8)6(4)3-9;3*1-2;/h5-6,11,16H,7-10,12H2,1-4H3;4-5,8H,6-7,9-10H2,1-3H3;4-5,8,16H,6-7,9H2,1-3H3;1-3H3;4H,1-3H3;9H,3H2,1-2H3;3*1-2H3;1H4. The molecule has 0 aliphatic carbocycles. The van der Waals surface area contributed by atoms with Crippen LogP contribution in [0.4, 0.5) is 4.79 Å². The maximum absolute atomic E-state index is 11.9. The van der Waals surface area contributed by atoms with E-state index in [-0.39, 0.29) is 37.8 Å². The number of thiophene rings is 5. The number of likely N-dealkylation sites (tertiary alicyclic amines) is 1. The van der Waals surface area contributed by atoms with Gasteiger partial charge in [0, 0.05) is 72.6 Å². The Morgan fingerprint density at radius 3 is 1.49 bits per heavy atom. The lowest BCUT2D eigenvalue weighted by Gasteiger charge is -2.31. The average molecular weight is 1770 g/mol. The molecule has 1 fully saturated rings. The van der Waals surface area contributed by atoms with Crippen molar-refractivity contribution in [2.24, 2.45) is 0 Å². The highest BCUT2D eigenvalue weighted by molar-refractivity contribution is 9.11. The van der Waals surface area contributed by atoms with E-state index in [0.29, 0.717) is 43.3 Å². The minimum Gasteiger partial charge on any atom is -0.508 e. The van der Waals surface area contributed by atoms with Gasteiger partial charge in [-0.2, -0.15) is 0 Å². The van der Waals surface area contributed by atoms with Crippen molar-refractivity contribution in [3.63, 3.8) is 0 Å². The van der Waals surface area contributed by atoms with Crippen LogP contribution in [0.1, 0.15) is 211 Å². The number of rotatable bonds is 10. The van der Waals surface area contributed by atoms with Gasteiger partial charge in [0.15, 0.2) is 0 Å². The molecule has 22 heteroatoms. The zero-order valence-corrected chi connectivity index (χ0v) is 75.0. The van der Waals surface area contributed by atoms with Crippen LogP contribution in [0.5, 0.6) is 17.2 Å². The molecular formula is C81H115Br4N3O10S5. The van der Waals surface area contributed by atoms with E-state index in [1.807, 2.05) is 108 Å². The lowest BCUT2D eigenvalue weighted by molar-refractivity contribution is 0.0223. The van der Waals surface area contributed by atoms with Crippen LogP contribution in [0.2, 0.25) is 0 Å². The number of carbonyl (C=O) groups excluding carboxylic acids is 3. The molecule has 13 nitrogen and oxygen atoms in total. The number of methoxy groups -OCH3 is 2. The average Bonchev–Trinajstić information content (AvgIpc) is 1.71. The van der Waals surface area contributed by atoms with Gasteiger partial charge >= 0.3 is 18.0 Å². The Morgan fingerprint density at radius 2 is 1.03 bits per heavy atom. The summed E-state index contributed by atoms with van der Waals surface area (Å²) in [7, 11) is 7.17. The van der Waals surface area contributed by atoms with E-state index in [9.17, 15) is 19.5 Å². The van der Waals surface area contributed by atoms with Gasteiger partial charge in [-0.3, -0.25) is 0 Å².